The molecule has 9 heteroatoms. The Kier molecular flexibility index (Phi) is 4.83. The van der Waals surface area contributed by atoms with Crippen LogP contribution in [0.15, 0.2) is 27.7 Å². The number of halogens is 3. The van der Waals surface area contributed by atoms with Crippen LogP contribution in [-0.4, -0.2) is 35.2 Å². The highest BCUT2D eigenvalue weighted by Crippen LogP contribution is 2.49. The van der Waals surface area contributed by atoms with E-state index in [0.29, 0.717) is 38.6 Å². The van der Waals surface area contributed by atoms with Gasteiger partial charge in [-0.2, -0.15) is 0 Å². The SMILES string of the molecule is COc1ccc(-c2c(Cl)cc3c(c2Cl)N(C)C(=O)CS3)c2nc(C)c(Br)n12. The normalized spacial score (nSPS) is 14.0. The van der Waals surface area contributed by atoms with E-state index in [1.807, 2.05) is 29.5 Å². The number of carbonyl (C=O) groups is 1. The number of thioether (sulfide) groups is 1. The Morgan fingerprint density at radius 3 is 2.78 bits per heavy atom. The first-order valence-corrected chi connectivity index (χ1v) is 10.5. The van der Waals surface area contributed by atoms with Gasteiger partial charge in [0.15, 0.2) is 5.88 Å². The quantitative estimate of drug-likeness (QED) is 0.482. The lowest BCUT2D eigenvalue weighted by Gasteiger charge is -2.28. The van der Waals surface area contributed by atoms with Gasteiger partial charge in [0.25, 0.3) is 0 Å². The Hall–Kier alpha value is -1.41. The number of nitrogens with zero attached hydrogens (tertiary/aromatic N) is 3. The van der Waals surface area contributed by atoms with Crippen LogP contribution < -0.4 is 9.64 Å². The van der Waals surface area contributed by atoms with Crippen LogP contribution in [-0.2, 0) is 4.79 Å². The average Bonchev–Trinajstić information content (AvgIpc) is 2.93. The first kappa shape index (κ1) is 18.9. The number of aryl methyl sites for hydroxylation is 1. The average molecular weight is 487 g/mol. The molecule has 0 saturated carbocycles. The minimum atomic E-state index is 0.00181. The summed E-state index contributed by atoms with van der Waals surface area (Å²) in [4.78, 5) is 19.3. The number of rotatable bonds is 2. The molecular formula is C18H14BrCl2N3O2S. The molecule has 1 aliphatic heterocycles. The lowest BCUT2D eigenvalue weighted by molar-refractivity contribution is -0.116. The molecule has 0 aliphatic carbocycles. The smallest absolute Gasteiger partial charge is 0.237 e. The van der Waals surface area contributed by atoms with Gasteiger partial charge in [-0.05, 0) is 41.1 Å². The summed E-state index contributed by atoms with van der Waals surface area (Å²) in [5.74, 6) is 1.01. The summed E-state index contributed by atoms with van der Waals surface area (Å²) in [7, 11) is 3.33. The fraction of sp³-hybridized carbons (Fsp3) is 0.222. The first-order chi connectivity index (χ1) is 12.8. The summed E-state index contributed by atoms with van der Waals surface area (Å²) >= 11 is 18.4. The Morgan fingerprint density at radius 2 is 2.07 bits per heavy atom. The van der Waals surface area contributed by atoms with E-state index in [0.717, 1.165) is 20.8 Å². The molecule has 1 aromatic carbocycles. The van der Waals surface area contributed by atoms with E-state index in [1.165, 1.54) is 11.8 Å². The molecule has 27 heavy (non-hydrogen) atoms. The number of carbonyl (C=O) groups excluding carboxylic acids is 1. The molecule has 2 aromatic heterocycles. The van der Waals surface area contributed by atoms with Crippen LogP contribution in [0.2, 0.25) is 10.0 Å². The van der Waals surface area contributed by atoms with Crippen molar-refractivity contribution in [3.8, 4) is 17.0 Å². The second-order valence-electron chi connectivity index (χ2n) is 6.07. The van der Waals surface area contributed by atoms with Crippen molar-refractivity contribution in [3.05, 3.63) is 38.5 Å². The number of methoxy groups -OCH3 is 1. The van der Waals surface area contributed by atoms with Gasteiger partial charge in [-0.15, -0.1) is 11.8 Å². The molecule has 140 valence electrons. The van der Waals surface area contributed by atoms with E-state index in [2.05, 4.69) is 20.9 Å². The van der Waals surface area contributed by atoms with Gasteiger partial charge in [0.2, 0.25) is 5.91 Å². The Balaban J connectivity index is 2.06. The highest BCUT2D eigenvalue weighted by atomic mass is 79.9. The molecule has 0 unspecified atom stereocenters. The Morgan fingerprint density at radius 1 is 1.33 bits per heavy atom. The molecule has 0 fully saturated rings. The molecule has 1 aliphatic rings. The van der Waals surface area contributed by atoms with Crippen LogP contribution in [0.3, 0.4) is 0 Å². The third-order valence-electron chi connectivity index (χ3n) is 4.53. The number of hydrogen-bond donors (Lipinski definition) is 0. The summed E-state index contributed by atoms with van der Waals surface area (Å²) in [6.45, 7) is 1.90. The van der Waals surface area contributed by atoms with Gasteiger partial charge in [-0.25, -0.2) is 4.98 Å². The standard InChI is InChI=1S/C18H14BrCl2N3O2S/c1-8-17(19)24-13(26-3)5-4-9(18(24)22-8)14-10(20)6-11-16(15(14)21)23(2)12(25)7-27-11/h4-6H,7H2,1-3H3. The maximum absolute atomic E-state index is 12.2. The predicted molar refractivity (Wildman–Crippen MR) is 114 cm³/mol. The number of imidazole rings is 1. The lowest BCUT2D eigenvalue weighted by atomic mass is 10.0. The van der Waals surface area contributed by atoms with E-state index in [1.54, 1.807) is 19.1 Å². The van der Waals surface area contributed by atoms with Crippen molar-refractivity contribution in [1.29, 1.82) is 0 Å². The molecule has 0 atom stereocenters. The van der Waals surface area contributed by atoms with Crippen molar-refractivity contribution in [2.45, 2.75) is 11.8 Å². The molecule has 5 nitrogen and oxygen atoms in total. The maximum Gasteiger partial charge on any atom is 0.237 e. The number of fused-ring (bicyclic) bond motifs is 2. The topological polar surface area (TPSA) is 46.8 Å². The summed E-state index contributed by atoms with van der Waals surface area (Å²) in [6, 6.07) is 5.57. The van der Waals surface area contributed by atoms with E-state index in [4.69, 9.17) is 27.9 Å². The van der Waals surface area contributed by atoms with Crippen LogP contribution >= 0.6 is 50.9 Å². The van der Waals surface area contributed by atoms with Gasteiger partial charge in [0.1, 0.15) is 10.3 Å². The summed E-state index contributed by atoms with van der Waals surface area (Å²) < 4.78 is 8.12. The van der Waals surface area contributed by atoms with Gasteiger partial charge >= 0.3 is 0 Å². The molecular weight excluding hydrogens is 473 g/mol. The third kappa shape index (κ3) is 2.83. The minimum Gasteiger partial charge on any atom is -0.482 e. The molecule has 0 bridgehead atoms. The molecule has 0 saturated heterocycles. The number of hydrogen-bond acceptors (Lipinski definition) is 4. The third-order valence-corrected chi connectivity index (χ3v) is 7.14. The monoisotopic (exact) mass is 485 g/mol. The first-order valence-electron chi connectivity index (χ1n) is 7.98. The number of ether oxygens (including phenoxy) is 1. The number of benzene rings is 1. The zero-order valence-electron chi connectivity index (χ0n) is 14.6. The maximum atomic E-state index is 12.2. The van der Waals surface area contributed by atoms with Gasteiger partial charge in [0.05, 0.1) is 34.3 Å². The van der Waals surface area contributed by atoms with Crippen LogP contribution in [0.4, 0.5) is 5.69 Å². The van der Waals surface area contributed by atoms with Crippen LogP contribution in [0.25, 0.3) is 16.8 Å². The fourth-order valence-corrected chi connectivity index (χ4v) is 5.55. The van der Waals surface area contributed by atoms with Crippen molar-refractivity contribution in [3.63, 3.8) is 0 Å². The van der Waals surface area contributed by atoms with Crippen LogP contribution in [0, 0.1) is 6.92 Å². The Labute approximate surface area is 178 Å². The van der Waals surface area contributed by atoms with E-state index >= 15 is 0 Å². The Bertz CT molecular complexity index is 1120. The molecule has 0 N–H and O–H groups in total. The van der Waals surface area contributed by atoms with Gasteiger partial charge < -0.3 is 9.64 Å². The molecule has 0 spiro atoms. The molecule has 1 amide bonds. The minimum absolute atomic E-state index is 0.00181. The number of aromatic nitrogens is 2. The lowest BCUT2D eigenvalue weighted by Crippen LogP contribution is -2.31. The summed E-state index contributed by atoms with van der Waals surface area (Å²) in [6.07, 6.45) is 0. The van der Waals surface area contributed by atoms with Crippen LogP contribution in [0.5, 0.6) is 5.88 Å². The van der Waals surface area contributed by atoms with Crippen LogP contribution in [0.1, 0.15) is 5.69 Å². The largest absolute Gasteiger partial charge is 0.482 e. The summed E-state index contributed by atoms with van der Waals surface area (Å²) in [5, 5.41) is 0.947. The van der Waals surface area contributed by atoms with Crippen molar-refractivity contribution >= 4 is 68.1 Å². The number of amides is 1. The van der Waals surface area contributed by atoms with Crippen molar-refractivity contribution in [2.75, 3.05) is 24.8 Å². The van der Waals surface area contributed by atoms with E-state index in [9.17, 15) is 4.79 Å². The number of pyridine rings is 1. The van der Waals surface area contributed by atoms with Gasteiger partial charge in [-0.3, -0.25) is 9.20 Å². The molecule has 4 rings (SSSR count). The van der Waals surface area contributed by atoms with E-state index in [-0.39, 0.29) is 5.91 Å². The van der Waals surface area contributed by atoms with Gasteiger partial charge in [0, 0.05) is 23.1 Å². The second-order valence-corrected chi connectivity index (χ2v) is 8.63. The second kappa shape index (κ2) is 6.88. The molecule has 3 aromatic rings. The fourth-order valence-electron chi connectivity index (χ4n) is 3.17. The predicted octanol–water partition coefficient (Wildman–Crippen LogP) is 5.46. The summed E-state index contributed by atoms with van der Waals surface area (Å²) in [5.41, 5.74) is 3.56. The van der Waals surface area contributed by atoms with E-state index < -0.39 is 0 Å². The number of anilines is 1. The van der Waals surface area contributed by atoms with Crippen molar-refractivity contribution in [1.82, 2.24) is 9.38 Å². The van der Waals surface area contributed by atoms with Crippen molar-refractivity contribution in [2.24, 2.45) is 0 Å². The molecule has 3 heterocycles. The highest BCUT2D eigenvalue weighted by Gasteiger charge is 2.29. The zero-order valence-corrected chi connectivity index (χ0v) is 18.6. The van der Waals surface area contributed by atoms with Crippen molar-refractivity contribution < 1.29 is 9.53 Å². The van der Waals surface area contributed by atoms with Gasteiger partial charge in [-0.1, -0.05) is 23.2 Å². The molecule has 0 radical (unpaired) electrons. The zero-order chi connectivity index (χ0) is 19.5. The highest BCUT2D eigenvalue weighted by molar-refractivity contribution is 9.10.